The molecule has 0 aliphatic carbocycles. The van der Waals surface area contributed by atoms with Crippen LogP contribution in [0.2, 0.25) is 5.02 Å². The first-order chi connectivity index (χ1) is 11.3. The van der Waals surface area contributed by atoms with Gasteiger partial charge in [0.2, 0.25) is 0 Å². The lowest BCUT2D eigenvalue weighted by atomic mass is 10.2. The van der Waals surface area contributed by atoms with Crippen LogP contribution >= 0.6 is 11.6 Å². The molecule has 4 rings (SSSR count). The Bertz CT molecular complexity index is 1010. The summed E-state index contributed by atoms with van der Waals surface area (Å²) < 4.78 is 7.62. The summed E-state index contributed by atoms with van der Waals surface area (Å²) in [5.41, 5.74) is 3.33. The van der Waals surface area contributed by atoms with Crippen molar-refractivity contribution in [1.82, 2.24) is 9.55 Å². The fourth-order valence-corrected chi connectivity index (χ4v) is 3.21. The van der Waals surface area contributed by atoms with Gasteiger partial charge in [0.05, 0.1) is 18.8 Å². The lowest BCUT2D eigenvalue weighted by Crippen LogP contribution is -2.00. The molecule has 0 amide bonds. The average Bonchev–Trinajstić information content (AvgIpc) is 2.90. The summed E-state index contributed by atoms with van der Waals surface area (Å²) in [4.78, 5) is 4.29. The zero-order chi connectivity index (χ0) is 15.8. The van der Waals surface area contributed by atoms with E-state index in [-0.39, 0.29) is 0 Å². The molecule has 23 heavy (non-hydrogen) atoms. The number of hydrogen-bond acceptors (Lipinski definition) is 2. The molecule has 0 bridgehead atoms. The maximum Gasteiger partial charge on any atom is 0.119 e. The maximum absolute atomic E-state index is 6.34. The van der Waals surface area contributed by atoms with E-state index in [4.69, 9.17) is 16.3 Å². The van der Waals surface area contributed by atoms with Crippen LogP contribution in [0.15, 0.2) is 60.9 Å². The zero-order valence-electron chi connectivity index (χ0n) is 12.7. The van der Waals surface area contributed by atoms with Crippen molar-refractivity contribution in [3.05, 3.63) is 71.5 Å². The molecule has 0 aliphatic heterocycles. The standard InChI is InChI=1S/C19H15ClN2O/c1-23-14-6-7-18-16(10-14)15-8-9-21-11-19(15)22(18)12-13-4-2-3-5-17(13)20/h2-11H,12H2,1H3. The molecule has 0 saturated carbocycles. The van der Waals surface area contributed by atoms with Gasteiger partial charge < -0.3 is 9.30 Å². The maximum atomic E-state index is 6.34. The van der Waals surface area contributed by atoms with Crippen LogP contribution in [-0.2, 0) is 6.54 Å². The van der Waals surface area contributed by atoms with Crippen LogP contribution in [-0.4, -0.2) is 16.7 Å². The molecular formula is C19H15ClN2O. The summed E-state index contributed by atoms with van der Waals surface area (Å²) in [5.74, 6) is 0.853. The second-order valence-corrected chi connectivity index (χ2v) is 5.86. The van der Waals surface area contributed by atoms with Crippen LogP contribution in [0.25, 0.3) is 21.8 Å². The minimum absolute atomic E-state index is 0.706. The molecule has 2 aromatic carbocycles. The van der Waals surface area contributed by atoms with E-state index in [9.17, 15) is 0 Å². The second-order valence-electron chi connectivity index (χ2n) is 5.45. The van der Waals surface area contributed by atoms with Gasteiger partial charge in [-0.25, -0.2) is 0 Å². The number of hydrogen-bond donors (Lipinski definition) is 0. The summed E-state index contributed by atoms with van der Waals surface area (Å²) in [6.07, 6.45) is 3.72. The molecule has 4 heteroatoms. The van der Waals surface area contributed by atoms with Gasteiger partial charge in [0.25, 0.3) is 0 Å². The fraction of sp³-hybridized carbons (Fsp3) is 0.105. The van der Waals surface area contributed by atoms with Crippen molar-refractivity contribution in [2.75, 3.05) is 7.11 Å². The largest absolute Gasteiger partial charge is 0.497 e. The number of pyridine rings is 1. The minimum Gasteiger partial charge on any atom is -0.497 e. The van der Waals surface area contributed by atoms with E-state index < -0.39 is 0 Å². The molecule has 0 spiro atoms. The van der Waals surface area contributed by atoms with E-state index in [2.05, 4.69) is 27.8 Å². The number of halogens is 1. The van der Waals surface area contributed by atoms with Crippen molar-refractivity contribution in [1.29, 1.82) is 0 Å². The van der Waals surface area contributed by atoms with Gasteiger partial charge >= 0.3 is 0 Å². The van der Waals surface area contributed by atoms with Crippen molar-refractivity contribution in [3.63, 3.8) is 0 Å². The van der Waals surface area contributed by atoms with E-state index in [1.807, 2.05) is 42.7 Å². The molecule has 0 fully saturated rings. The van der Waals surface area contributed by atoms with Crippen LogP contribution in [0.1, 0.15) is 5.56 Å². The average molecular weight is 323 g/mol. The predicted molar refractivity (Wildman–Crippen MR) is 94.3 cm³/mol. The Balaban J connectivity index is 1.99. The van der Waals surface area contributed by atoms with Gasteiger partial charge in [0.15, 0.2) is 0 Å². The van der Waals surface area contributed by atoms with Crippen LogP contribution < -0.4 is 4.74 Å². The number of benzene rings is 2. The molecule has 0 saturated heterocycles. The molecule has 0 atom stereocenters. The van der Waals surface area contributed by atoms with Gasteiger partial charge in [-0.15, -0.1) is 0 Å². The molecule has 3 nitrogen and oxygen atoms in total. The van der Waals surface area contributed by atoms with Crippen LogP contribution in [0.3, 0.4) is 0 Å². The third kappa shape index (κ3) is 2.34. The van der Waals surface area contributed by atoms with E-state index in [1.54, 1.807) is 7.11 Å². The smallest absolute Gasteiger partial charge is 0.119 e. The van der Waals surface area contributed by atoms with Gasteiger partial charge in [-0.1, -0.05) is 29.8 Å². The molecule has 2 aromatic heterocycles. The Labute approximate surface area is 139 Å². The normalized spacial score (nSPS) is 11.2. The first-order valence-electron chi connectivity index (χ1n) is 7.41. The van der Waals surface area contributed by atoms with Crippen molar-refractivity contribution < 1.29 is 4.74 Å². The van der Waals surface area contributed by atoms with Crippen molar-refractivity contribution in [2.45, 2.75) is 6.54 Å². The zero-order valence-corrected chi connectivity index (χ0v) is 13.4. The quantitative estimate of drug-likeness (QED) is 0.536. The van der Waals surface area contributed by atoms with Crippen LogP contribution in [0.5, 0.6) is 5.75 Å². The SMILES string of the molecule is COc1ccc2c(c1)c1ccncc1n2Cc1ccccc1Cl. The highest BCUT2D eigenvalue weighted by Crippen LogP contribution is 2.32. The highest BCUT2D eigenvalue weighted by Gasteiger charge is 2.12. The van der Waals surface area contributed by atoms with E-state index in [0.717, 1.165) is 32.8 Å². The Morgan fingerprint density at radius 3 is 2.74 bits per heavy atom. The molecule has 0 unspecified atom stereocenters. The monoisotopic (exact) mass is 322 g/mol. The van der Waals surface area contributed by atoms with Crippen LogP contribution in [0, 0.1) is 0 Å². The lowest BCUT2D eigenvalue weighted by Gasteiger charge is -2.09. The summed E-state index contributed by atoms with van der Waals surface area (Å²) in [6.45, 7) is 0.706. The van der Waals surface area contributed by atoms with Gasteiger partial charge in [-0.3, -0.25) is 4.98 Å². The third-order valence-corrected chi connectivity index (χ3v) is 4.53. The summed E-state index contributed by atoms with van der Waals surface area (Å²) in [5, 5.41) is 3.11. The number of ether oxygens (including phenoxy) is 1. The number of fused-ring (bicyclic) bond motifs is 3. The fourth-order valence-electron chi connectivity index (χ4n) is 3.02. The highest BCUT2D eigenvalue weighted by molar-refractivity contribution is 6.31. The molecule has 0 radical (unpaired) electrons. The van der Waals surface area contributed by atoms with E-state index in [1.165, 1.54) is 5.39 Å². The topological polar surface area (TPSA) is 27.1 Å². The van der Waals surface area contributed by atoms with E-state index >= 15 is 0 Å². The Hall–Kier alpha value is -2.52. The predicted octanol–water partition coefficient (Wildman–Crippen LogP) is 4.90. The van der Waals surface area contributed by atoms with Gasteiger partial charge in [-0.2, -0.15) is 0 Å². The van der Waals surface area contributed by atoms with Crippen molar-refractivity contribution >= 4 is 33.4 Å². The lowest BCUT2D eigenvalue weighted by molar-refractivity contribution is 0.415. The van der Waals surface area contributed by atoms with Crippen LogP contribution in [0.4, 0.5) is 0 Å². The van der Waals surface area contributed by atoms with Crippen molar-refractivity contribution in [2.24, 2.45) is 0 Å². The van der Waals surface area contributed by atoms with Crippen molar-refractivity contribution in [3.8, 4) is 5.75 Å². The minimum atomic E-state index is 0.706. The third-order valence-electron chi connectivity index (χ3n) is 4.16. The highest BCUT2D eigenvalue weighted by atomic mass is 35.5. The molecule has 0 aliphatic rings. The number of methoxy groups -OCH3 is 1. The Kier molecular flexibility index (Phi) is 3.43. The summed E-state index contributed by atoms with van der Waals surface area (Å²) in [6, 6.07) is 16.1. The number of aromatic nitrogens is 2. The molecule has 114 valence electrons. The first kappa shape index (κ1) is 14.1. The number of nitrogens with zero attached hydrogens (tertiary/aromatic N) is 2. The number of rotatable bonds is 3. The summed E-state index contributed by atoms with van der Waals surface area (Å²) >= 11 is 6.34. The molecular weight excluding hydrogens is 308 g/mol. The van der Waals surface area contributed by atoms with Gasteiger partial charge in [0, 0.05) is 34.1 Å². The second kappa shape index (κ2) is 5.60. The molecule has 0 N–H and O–H groups in total. The Morgan fingerprint density at radius 1 is 1.04 bits per heavy atom. The Morgan fingerprint density at radius 2 is 1.91 bits per heavy atom. The summed E-state index contributed by atoms with van der Waals surface area (Å²) in [7, 11) is 1.69. The van der Waals surface area contributed by atoms with Gasteiger partial charge in [0.1, 0.15) is 5.75 Å². The molecule has 2 heterocycles. The van der Waals surface area contributed by atoms with Gasteiger partial charge in [-0.05, 0) is 35.9 Å². The molecule has 4 aromatic rings. The van der Waals surface area contributed by atoms with E-state index in [0.29, 0.717) is 6.54 Å². The first-order valence-corrected chi connectivity index (χ1v) is 7.79.